The van der Waals surface area contributed by atoms with E-state index in [1.165, 1.54) is 4.88 Å². The molecule has 0 aliphatic heterocycles. The van der Waals surface area contributed by atoms with Gasteiger partial charge in [0.05, 0.1) is 13.1 Å². The first kappa shape index (κ1) is 18.0. The van der Waals surface area contributed by atoms with E-state index >= 15 is 0 Å². The highest BCUT2D eigenvalue weighted by atomic mass is 127. The van der Waals surface area contributed by atoms with Crippen LogP contribution >= 0.6 is 35.3 Å². The molecule has 7 heteroatoms. The van der Waals surface area contributed by atoms with E-state index in [9.17, 15) is 5.11 Å². The van der Waals surface area contributed by atoms with Crippen molar-refractivity contribution in [2.75, 3.05) is 13.6 Å². The number of guanidine groups is 1. The maximum Gasteiger partial charge on any atom is 0.191 e. The van der Waals surface area contributed by atoms with E-state index in [-0.39, 0.29) is 24.0 Å². The van der Waals surface area contributed by atoms with Gasteiger partial charge in [0.25, 0.3) is 0 Å². The van der Waals surface area contributed by atoms with Crippen LogP contribution in [-0.2, 0) is 6.54 Å². The van der Waals surface area contributed by atoms with Crippen LogP contribution < -0.4 is 10.6 Å². The summed E-state index contributed by atoms with van der Waals surface area (Å²) in [5.74, 6) is 2.00. The molecule has 0 radical (unpaired) electrons. The Morgan fingerprint density at radius 3 is 2.76 bits per heavy atom. The molecule has 0 saturated carbocycles. The number of aryl methyl sites for hydroxylation is 1. The zero-order valence-electron chi connectivity index (χ0n) is 12.0. The molecule has 21 heavy (non-hydrogen) atoms. The molecule has 0 fully saturated rings. The standard InChI is InChI=1S/C14H19N3O2S.HI/c1-10-5-6-13(19-10)12(18)9-17-14(15-2)16-8-11-4-3-7-20-11;/h3-7,12,18H,8-9H2,1-2H3,(H2,15,16,17);1H. The topological polar surface area (TPSA) is 69.8 Å². The van der Waals surface area contributed by atoms with Crippen LogP contribution in [0, 0.1) is 6.92 Å². The number of aliphatic hydroxyl groups excluding tert-OH is 1. The molecule has 116 valence electrons. The average Bonchev–Trinajstić information content (AvgIpc) is 3.10. The molecule has 0 amide bonds. The van der Waals surface area contributed by atoms with Crippen molar-refractivity contribution in [3.8, 4) is 0 Å². The second kappa shape index (κ2) is 9.06. The molecule has 2 aromatic rings. The molecule has 1 atom stereocenters. The molecule has 2 rings (SSSR count). The summed E-state index contributed by atoms with van der Waals surface area (Å²) in [4.78, 5) is 5.35. The fourth-order valence-corrected chi connectivity index (χ4v) is 2.38. The van der Waals surface area contributed by atoms with Crippen molar-refractivity contribution in [2.45, 2.75) is 19.6 Å². The Morgan fingerprint density at radius 1 is 1.38 bits per heavy atom. The van der Waals surface area contributed by atoms with Gasteiger partial charge in [0.15, 0.2) is 5.96 Å². The third-order valence-electron chi connectivity index (χ3n) is 2.79. The van der Waals surface area contributed by atoms with Gasteiger partial charge >= 0.3 is 0 Å². The van der Waals surface area contributed by atoms with Gasteiger partial charge in [-0.2, -0.15) is 0 Å². The molecule has 3 N–H and O–H groups in total. The molecule has 0 saturated heterocycles. The Bertz CT molecular complexity index is 554. The molecule has 2 aromatic heterocycles. The summed E-state index contributed by atoms with van der Waals surface area (Å²) in [6.07, 6.45) is -0.691. The van der Waals surface area contributed by atoms with Gasteiger partial charge in [-0.25, -0.2) is 0 Å². The monoisotopic (exact) mass is 421 g/mol. The second-order valence-electron chi connectivity index (χ2n) is 4.35. The fraction of sp³-hybridized carbons (Fsp3) is 0.357. The van der Waals surface area contributed by atoms with E-state index in [1.807, 2.05) is 24.4 Å². The number of furan rings is 1. The zero-order valence-corrected chi connectivity index (χ0v) is 15.1. The quantitative estimate of drug-likeness (QED) is 0.395. The number of nitrogens with one attached hydrogen (secondary N) is 2. The molecule has 2 heterocycles. The smallest absolute Gasteiger partial charge is 0.191 e. The summed E-state index contributed by atoms with van der Waals surface area (Å²) in [7, 11) is 1.70. The van der Waals surface area contributed by atoms with Crippen LogP contribution in [0.4, 0.5) is 0 Å². The van der Waals surface area contributed by atoms with Gasteiger partial charge in [-0.3, -0.25) is 4.99 Å². The maximum absolute atomic E-state index is 9.99. The lowest BCUT2D eigenvalue weighted by atomic mass is 10.3. The van der Waals surface area contributed by atoms with Crippen LogP contribution in [0.15, 0.2) is 39.1 Å². The number of rotatable bonds is 5. The SMILES string of the molecule is CN=C(NCc1cccs1)NCC(O)c1ccc(C)o1.I. The molecule has 0 aromatic carbocycles. The third-order valence-corrected chi connectivity index (χ3v) is 3.66. The molecule has 0 aliphatic rings. The minimum atomic E-state index is -0.691. The van der Waals surface area contributed by atoms with E-state index in [0.717, 1.165) is 5.76 Å². The molecule has 1 unspecified atom stereocenters. The number of aliphatic hydroxyl groups is 1. The van der Waals surface area contributed by atoms with Crippen molar-refractivity contribution in [2.24, 2.45) is 4.99 Å². The summed E-state index contributed by atoms with van der Waals surface area (Å²) in [6.45, 7) is 2.91. The molecular formula is C14H20IN3O2S. The Kier molecular flexibility index (Phi) is 7.76. The van der Waals surface area contributed by atoms with Crippen molar-refractivity contribution >= 4 is 41.3 Å². The van der Waals surface area contributed by atoms with Gasteiger partial charge in [-0.15, -0.1) is 35.3 Å². The number of nitrogens with zero attached hydrogens (tertiary/aromatic N) is 1. The predicted molar refractivity (Wildman–Crippen MR) is 96.3 cm³/mol. The zero-order chi connectivity index (χ0) is 14.4. The van der Waals surface area contributed by atoms with E-state index in [1.54, 1.807) is 24.5 Å². The first-order chi connectivity index (χ1) is 9.69. The summed E-state index contributed by atoms with van der Waals surface area (Å²) >= 11 is 1.69. The highest BCUT2D eigenvalue weighted by molar-refractivity contribution is 14.0. The third kappa shape index (κ3) is 5.68. The summed E-state index contributed by atoms with van der Waals surface area (Å²) < 4.78 is 5.38. The van der Waals surface area contributed by atoms with Crippen LogP contribution in [0.5, 0.6) is 0 Å². The van der Waals surface area contributed by atoms with Crippen LogP contribution in [-0.4, -0.2) is 24.7 Å². The van der Waals surface area contributed by atoms with Crippen molar-refractivity contribution in [1.29, 1.82) is 0 Å². The maximum atomic E-state index is 9.99. The van der Waals surface area contributed by atoms with Gasteiger partial charge in [-0.1, -0.05) is 6.07 Å². The number of halogens is 1. The fourth-order valence-electron chi connectivity index (χ4n) is 1.73. The second-order valence-corrected chi connectivity index (χ2v) is 5.38. The minimum absolute atomic E-state index is 0. The van der Waals surface area contributed by atoms with Crippen LogP contribution in [0.3, 0.4) is 0 Å². The highest BCUT2D eigenvalue weighted by Gasteiger charge is 2.12. The first-order valence-corrected chi connectivity index (χ1v) is 7.28. The Morgan fingerprint density at radius 2 is 2.19 bits per heavy atom. The van der Waals surface area contributed by atoms with Gasteiger partial charge in [0.2, 0.25) is 0 Å². The van der Waals surface area contributed by atoms with Crippen molar-refractivity contribution in [1.82, 2.24) is 10.6 Å². The lowest BCUT2D eigenvalue weighted by molar-refractivity contribution is 0.151. The number of hydrogen-bond donors (Lipinski definition) is 3. The number of hydrogen-bond acceptors (Lipinski definition) is 4. The lowest BCUT2D eigenvalue weighted by Gasteiger charge is -2.13. The van der Waals surface area contributed by atoms with Gasteiger partial charge in [0, 0.05) is 11.9 Å². The molecule has 5 nitrogen and oxygen atoms in total. The highest BCUT2D eigenvalue weighted by Crippen LogP contribution is 2.15. The number of thiophene rings is 1. The predicted octanol–water partition coefficient (Wildman–Crippen LogP) is 2.67. The summed E-state index contributed by atoms with van der Waals surface area (Å²) in [5.41, 5.74) is 0. The Balaban J connectivity index is 0.00000220. The van der Waals surface area contributed by atoms with Crippen molar-refractivity contribution < 1.29 is 9.52 Å². The minimum Gasteiger partial charge on any atom is -0.464 e. The Hall–Kier alpha value is -1.06. The molecule has 0 bridgehead atoms. The van der Waals surface area contributed by atoms with E-state index in [4.69, 9.17) is 4.42 Å². The molecule has 0 spiro atoms. The molecule has 0 aliphatic carbocycles. The van der Waals surface area contributed by atoms with Gasteiger partial charge in [0.1, 0.15) is 17.6 Å². The van der Waals surface area contributed by atoms with Crippen LogP contribution in [0.25, 0.3) is 0 Å². The number of aliphatic imine (C=N–C) groups is 1. The van der Waals surface area contributed by atoms with Crippen molar-refractivity contribution in [3.05, 3.63) is 46.0 Å². The summed E-state index contributed by atoms with van der Waals surface area (Å²) in [6, 6.07) is 7.69. The van der Waals surface area contributed by atoms with Crippen LogP contribution in [0.1, 0.15) is 22.5 Å². The van der Waals surface area contributed by atoms with E-state index in [0.29, 0.717) is 24.8 Å². The van der Waals surface area contributed by atoms with Gasteiger partial charge < -0.3 is 20.2 Å². The average molecular weight is 421 g/mol. The van der Waals surface area contributed by atoms with E-state index in [2.05, 4.69) is 21.7 Å². The largest absolute Gasteiger partial charge is 0.464 e. The lowest BCUT2D eigenvalue weighted by Crippen LogP contribution is -2.38. The van der Waals surface area contributed by atoms with Crippen LogP contribution in [0.2, 0.25) is 0 Å². The van der Waals surface area contributed by atoms with E-state index < -0.39 is 6.10 Å². The molecular weight excluding hydrogens is 401 g/mol. The summed E-state index contributed by atoms with van der Waals surface area (Å²) in [5, 5.41) is 18.3. The van der Waals surface area contributed by atoms with Gasteiger partial charge in [-0.05, 0) is 30.5 Å². The normalized spacial score (nSPS) is 12.6. The Labute approximate surface area is 145 Å². The first-order valence-electron chi connectivity index (χ1n) is 6.40. The van der Waals surface area contributed by atoms with Crippen molar-refractivity contribution in [3.63, 3.8) is 0 Å².